The fraction of sp³-hybridized carbons (Fsp3) is 0.292. The molecule has 2 fully saturated rings. The van der Waals surface area contributed by atoms with Gasteiger partial charge in [-0.1, -0.05) is 24.3 Å². The molecule has 4 rings (SSSR count). The number of anilines is 2. The zero-order valence-corrected chi connectivity index (χ0v) is 17.3. The van der Waals surface area contributed by atoms with E-state index in [1.54, 1.807) is 18.2 Å². The number of nitrogens with one attached hydrogen (secondary N) is 1. The predicted molar refractivity (Wildman–Crippen MR) is 117 cm³/mol. The number of imide groups is 2. The van der Waals surface area contributed by atoms with Crippen LogP contribution in [0.1, 0.15) is 36.0 Å². The number of hydrogen-bond donors (Lipinski definition) is 1. The van der Waals surface area contributed by atoms with Crippen LogP contribution in [0.2, 0.25) is 0 Å². The lowest BCUT2D eigenvalue weighted by molar-refractivity contribution is -0.122. The van der Waals surface area contributed by atoms with Crippen LogP contribution in [0.5, 0.6) is 0 Å². The maximum atomic E-state index is 13.1. The van der Waals surface area contributed by atoms with E-state index in [-0.39, 0.29) is 5.57 Å². The smallest absolute Gasteiger partial charge is 0.335 e. The molecule has 6 nitrogen and oxygen atoms in total. The zero-order valence-electron chi connectivity index (χ0n) is 17.3. The molecule has 154 valence electrons. The molecule has 2 aromatic carbocycles. The number of piperidine rings is 1. The van der Waals surface area contributed by atoms with E-state index in [4.69, 9.17) is 0 Å². The van der Waals surface area contributed by atoms with Crippen LogP contribution in [0.3, 0.4) is 0 Å². The van der Waals surface area contributed by atoms with Crippen LogP contribution in [0.4, 0.5) is 16.2 Å². The number of carbonyl (C=O) groups excluding carboxylic acids is 3. The van der Waals surface area contributed by atoms with Crippen LogP contribution >= 0.6 is 0 Å². The first-order valence-corrected chi connectivity index (χ1v) is 10.3. The number of hydrogen-bond acceptors (Lipinski definition) is 4. The van der Waals surface area contributed by atoms with Crippen molar-refractivity contribution in [2.75, 3.05) is 22.9 Å². The molecule has 0 aromatic heterocycles. The Labute approximate surface area is 176 Å². The summed E-state index contributed by atoms with van der Waals surface area (Å²) >= 11 is 0. The van der Waals surface area contributed by atoms with E-state index in [2.05, 4.69) is 10.2 Å². The Bertz CT molecular complexity index is 1030. The van der Waals surface area contributed by atoms with Gasteiger partial charge in [-0.2, -0.15) is 0 Å². The van der Waals surface area contributed by atoms with E-state index in [1.165, 1.54) is 19.3 Å². The summed E-state index contributed by atoms with van der Waals surface area (Å²) in [6.07, 6.45) is 5.21. The van der Waals surface area contributed by atoms with Gasteiger partial charge in [0.1, 0.15) is 5.57 Å². The van der Waals surface area contributed by atoms with Crippen molar-refractivity contribution >= 4 is 35.3 Å². The number of barbiturate groups is 1. The molecule has 4 amide bonds. The molecule has 0 unspecified atom stereocenters. The van der Waals surface area contributed by atoms with E-state index >= 15 is 0 Å². The molecule has 2 heterocycles. The fourth-order valence-corrected chi connectivity index (χ4v) is 3.95. The lowest BCUT2D eigenvalue weighted by Crippen LogP contribution is -2.54. The summed E-state index contributed by atoms with van der Waals surface area (Å²) < 4.78 is 0. The highest BCUT2D eigenvalue weighted by molar-refractivity contribution is 6.39. The van der Waals surface area contributed by atoms with Gasteiger partial charge in [0.2, 0.25) is 0 Å². The summed E-state index contributed by atoms with van der Waals surface area (Å²) in [5.41, 5.74) is 4.09. The Kier molecular flexibility index (Phi) is 5.40. The van der Waals surface area contributed by atoms with Gasteiger partial charge in [0.25, 0.3) is 11.8 Å². The van der Waals surface area contributed by atoms with E-state index in [9.17, 15) is 14.4 Å². The predicted octanol–water partition coefficient (Wildman–Crippen LogP) is 3.96. The number of aryl methyl sites for hydroxylation is 1. The second-order valence-corrected chi connectivity index (χ2v) is 7.82. The van der Waals surface area contributed by atoms with Crippen molar-refractivity contribution in [3.05, 3.63) is 64.7 Å². The minimum atomic E-state index is -0.726. The molecule has 2 aliphatic heterocycles. The van der Waals surface area contributed by atoms with Gasteiger partial charge in [0.15, 0.2) is 0 Å². The summed E-state index contributed by atoms with van der Waals surface area (Å²) in [4.78, 5) is 41.3. The molecule has 2 aliphatic rings. The highest BCUT2D eigenvalue weighted by Gasteiger charge is 2.37. The highest BCUT2D eigenvalue weighted by Crippen LogP contribution is 2.27. The van der Waals surface area contributed by atoms with Gasteiger partial charge in [0.05, 0.1) is 5.69 Å². The minimum Gasteiger partial charge on any atom is -0.372 e. The number of urea groups is 1. The average molecular weight is 403 g/mol. The molecule has 0 saturated carbocycles. The quantitative estimate of drug-likeness (QED) is 0.622. The van der Waals surface area contributed by atoms with Crippen molar-refractivity contribution in [1.29, 1.82) is 0 Å². The van der Waals surface area contributed by atoms with Gasteiger partial charge in [-0.15, -0.1) is 0 Å². The van der Waals surface area contributed by atoms with Gasteiger partial charge in [-0.3, -0.25) is 14.9 Å². The van der Waals surface area contributed by atoms with Gasteiger partial charge < -0.3 is 4.90 Å². The number of nitrogens with zero attached hydrogens (tertiary/aromatic N) is 2. The van der Waals surface area contributed by atoms with E-state index in [1.807, 2.05) is 44.2 Å². The fourth-order valence-electron chi connectivity index (χ4n) is 3.95. The number of benzene rings is 2. The van der Waals surface area contributed by atoms with Crippen LogP contribution in [-0.2, 0) is 9.59 Å². The van der Waals surface area contributed by atoms with Gasteiger partial charge in [0, 0.05) is 18.8 Å². The monoisotopic (exact) mass is 403 g/mol. The molecule has 0 atom stereocenters. The summed E-state index contributed by atoms with van der Waals surface area (Å²) in [6.45, 7) is 5.86. The molecular formula is C24H25N3O3. The van der Waals surface area contributed by atoms with Crippen molar-refractivity contribution in [2.45, 2.75) is 33.1 Å². The van der Waals surface area contributed by atoms with Crippen molar-refractivity contribution in [2.24, 2.45) is 0 Å². The summed E-state index contributed by atoms with van der Waals surface area (Å²) in [7, 11) is 0. The molecule has 0 aliphatic carbocycles. The number of rotatable bonds is 3. The molecule has 6 heteroatoms. The minimum absolute atomic E-state index is 0.0544. The molecule has 0 bridgehead atoms. The molecule has 2 aromatic rings. The van der Waals surface area contributed by atoms with Crippen molar-refractivity contribution in [3.63, 3.8) is 0 Å². The number of amides is 4. The van der Waals surface area contributed by atoms with Crippen LogP contribution in [0.15, 0.2) is 48.0 Å². The second kappa shape index (κ2) is 8.14. The Morgan fingerprint density at radius 1 is 0.900 bits per heavy atom. The van der Waals surface area contributed by atoms with Crippen LogP contribution in [0, 0.1) is 13.8 Å². The van der Waals surface area contributed by atoms with E-state index < -0.39 is 17.8 Å². The maximum absolute atomic E-state index is 13.1. The van der Waals surface area contributed by atoms with Gasteiger partial charge >= 0.3 is 6.03 Å². The molecule has 30 heavy (non-hydrogen) atoms. The Morgan fingerprint density at radius 3 is 2.30 bits per heavy atom. The number of carbonyl (C=O) groups is 3. The standard InChI is InChI=1S/C24H25N3O3/c1-16-7-6-8-21(17(16)2)27-23(29)20(22(28)25-24(27)30)15-18-9-11-19(12-10-18)26-13-4-3-5-14-26/h6-12,15H,3-5,13-14H2,1-2H3,(H,25,28,30)/b20-15+. The topological polar surface area (TPSA) is 69.7 Å². The molecule has 2 saturated heterocycles. The Hall–Kier alpha value is -3.41. The van der Waals surface area contributed by atoms with Crippen LogP contribution in [-0.4, -0.2) is 30.9 Å². The van der Waals surface area contributed by atoms with Crippen molar-refractivity contribution in [3.8, 4) is 0 Å². The zero-order chi connectivity index (χ0) is 21.3. The molecule has 1 N–H and O–H groups in total. The third-order valence-electron chi connectivity index (χ3n) is 5.84. The van der Waals surface area contributed by atoms with Crippen molar-refractivity contribution in [1.82, 2.24) is 5.32 Å². The highest BCUT2D eigenvalue weighted by atomic mass is 16.2. The second-order valence-electron chi connectivity index (χ2n) is 7.82. The van der Waals surface area contributed by atoms with E-state index in [0.717, 1.165) is 40.4 Å². The third-order valence-corrected chi connectivity index (χ3v) is 5.84. The molecule has 0 spiro atoms. The van der Waals surface area contributed by atoms with Gasteiger partial charge in [-0.05, 0) is 74.1 Å². The summed E-state index contributed by atoms with van der Waals surface area (Å²) in [5.74, 6) is -1.29. The summed E-state index contributed by atoms with van der Waals surface area (Å²) in [6, 6.07) is 12.5. The van der Waals surface area contributed by atoms with Crippen LogP contribution in [0.25, 0.3) is 6.08 Å². The lowest BCUT2D eigenvalue weighted by Gasteiger charge is -2.29. The van der Waals surface area contributed by atoms with E-state index in [0.29, 0.717) is 5.69 Å². The maximum Gasteiger partial charge on any atom is 0.335 e. The molecular weight excluding hydrogens is 378 g/mol. The Balaban J connectivity index is 1.63. The van der Waals surface area contributed by atoms with Crippen molar-refractivity contribution < 1.29 is 14.4 Å². The lowest BCUT2D eigenvalue weighted by atomic mass is 10.0. The van der Waals surface area contributed by atoms with Crippen LogP contribution < -0.4 is 15.1 Å². The summed E-state index contributed by atoms with van der Waals surface area (Å²) in [5, 5.41) is 2.29. The third kappa shape index (κ3) is 3.73. The first-order chi connectivity index (χ1) is 14.5. The Morgan fingerprint density at radius 2 is 1.60 bits per heavy atom. The first-order valence-electron chi connectivity index (χ1n) is 10.3. The largest absolute Gasteiger partial charge is 0.372 e. The normalized spacial score (nSPS) is 18.7. The average Bonchev–Trinajstić information content (AvgIpc) is 2.75. The molecule has 0 radical (unpaired) electrons. The SMILES string of the molecule is Cc1cccc(N2C(=O)NC(=O)/C(=C\c3ccc(N4CCCCC4)cc3)C2=O)c1C. The first kappa shape index (κ1) is 19.9. The van der Waals surface area contributed by atoms with Gasteiger partial charge in [-0.25, -0.2) is 9.69 Å².